The highest BCUT2D eigenvalue weighted by atomic mass is 32.1. The molecule has 1 aliphatic rings. The summed E-state index contributed by atoms with van der Waals surface area (Å²) in [5.41, 5.74) is 10.8. The first-order valence-corrected chi connectivity index (χ1v) is 10.7. The number of thiazole rings is 1. The first-order chi connectivity index (χ1) is 13.8. The van der Waals surface area contributed by atoms with Crippen LogP contribution in [0.15, 0.2) is 29.8 Å². The fraction of sp³-hybridized carbons (Fsp3) is 0.476. The molecule has 3 atom stereocenters. The molecule has 29 heavy (non-hydrogen) atoms. The Balaban J connectivity index is 1.62. The standard InChI is InChI=1S/C21H28N4O3S/c1-12(2)18(22)21(28)25-10-16(26)8-17(25)20(27)23-9-14-4-6-15(7-5-14)19-13(3)24-11-29-19/h4-7,11-12,16-18,26H,8-10,22H2,1-3H3,(H,23,27)/t16-,17?,18+/m1/s1. The lowest BCUT2D eigenvalue weighted by atomic mass is 10.0. The molecule has 1 fully saturated rings. The van der Waals surface area contributed by atoms with E-state index in [1.165, 1.54) is 4.90 Å². The Bertz CT molecular complexity index is 865. The second kappa shape index (κ2) is 9.02. The summed E-state index contributed by atoms with van der Waals surface area (Å²) >= 11 is 1.60. The molecule has 3 rings (SSSR count). The number of aromatic nitrogens is 1. The zero-order valence-corrected chi connectivity index (χ0v) is 17.8. The van der Waals surface area contributed by atoms with Gasteiger partial charge in [0.1, 0.15) is 6.04 Å². The zero-order chi connectivity index (χ0) is 21.1. The second-order valence-corrected chi connectivity index (χ2v) is 8.70. The molecule has 2 heterocycles. The van der Waals surface area contributed by atoms with E-state index in [2.05, 4.69) is 10.3 Å². The highest BCUT2D eigenvalue weighted by Gasteiger charge is 2.40. The van der Waals surface area contributed by atoms with E-state index in [1.807, 2.05) is 50.5 Å². The summed E-state index contributed by atoms with van der Waals surface area (Å²) in [6, 6.07) is 6.59. The number of carbonyl (C=O) groups excluding carboxylic acids is 2. The Morgan fingerprint density at radius 3 is 2.62 bits per heavy atom. The lowest BCUT2D eigenvalue weighted by molar-refractivity contribution is -0.140. The molecule has 0 aliphatic carbocycles. The van der Waals surface area contributed by atoms with Crippen LogP contribution in [0, 0.1) is 12.8 Å². The van der Waals surface area contributed by atoms with Crippen LogP contribution in [-0.2, 0) is 16.1 Å². The van der Waals surface area contributed by atoms with E-state index < -0.39 is 18.2 Å². The predicted molar refractivity (Wildman–Crippen MR) is 113 cm³/mol. The number of aliphatic hydroxyl groups excluding tert-OH is 1. The van der Waals surface area contributed by atoms with Gasteiger partial charge in [-0.05, 0) is 24.0 Å². The number of nitrogens with zero attached hydrogens (tertiary/aromatic N) is 2. The summed E-state index contributed by atoms with van der Waals surface area (Å²) in [5, 5.41) is 12.9. The molecule has 4 N–H and O–H groups in total. The van der Waals surface area contributed by atoms with Crippen molar-refractivity contribution in [2.24, 2.45) is 11.7 Å². The van der Waals surface area contributed by atoms with Crippen molar-refractivity contribution in [1.82, 2.24) is 15.2 Å². The lowest BCUT2D eigenvalue weighted by Gasteiger charge is -2.27. The molecule has 1 aromatic heterocycles. The van der Waals surface area contributed by atoms with Crippen LogP contribution in [-0.4, -0.2) is 51.5 Å². The number of hydrogen-bond donors (Lipinski definition) is 3. The molecule has 2 aromatic rings. The number of carbonyl (C=O) groups is 2. The summed E-state index contributed by atoms with van der Waals surface area (Å²) in [7, 11) is 0. The first kappa shape index (κ1) is 21.4. The van der Waals surface area contributed by atoms with Gasteiger partial charge in [0.05, 0.1) is 28.2 Å². The second-order valence-electron chi connectivity index (χ2n) is 7.85. The van der Waals surface area contributed by atoms with Crippen molar-refractivity contribution >= 4 is 23.2 Å². The minimum absolute atomic E-state index is 0.0374. The van der Waals surface area contributed by atoms with Gasteiger partial charge in [-0.25, -0.2) is 4.98 Å². The third-order valence-electron chi connectivity index (χ3n) is 5.30. The summed E-state index contributed by atoms with van der Waals surface area (Å²) in [6.45, 7) is 6.20. The Kier molecular flexibility index (Phi) is 6.66. The maximum absolute atomic E-state index is 12.7. The molecule has 1 unspecified atom stereocenters. The molecule has 7 nitrogen and oxygen atoms in total. The van der Waals surface area contributed by atoms with Crippen molar-refractivity contribution in [3.8, 4) is 10.4 Å². The fourth-order valence-corrected chi connectivity index (χ4v) is 4.25. The monoisotopic (exact) mass is 416 g/mol. The lowest BCUT2D eigenvalue weighted by Crippen LogP contribution is -2.52. The molecule has 0 radical (unpaired) electrons. The molecule has 0 saturated carbocycles. The number of β-amino-alcohol motifs (C(OH)–C–C–N with tert-alkyl or cyclic N) is 1. The maximum atomic E-state index is 12.7. The van der Waals surface area contributed by atoms with Gasteiger partial charge in [-0.1, -0.05) is 38.1 Å². The largest absolute Gasteiger partial charge is 0.391 e. The number of benzene rings is 1. The van der Waals surface area contributed by atoms with Crippen molar-refractivity contribution in [2.45, 2.75) is 51.9 Å². The van der Waals surface area contributed by atoms with Gasteiger partial charge in [0.25, 0.3) is 0 Å². The summed E-state index contributed by atoms with van der Waals surface area (Å²) in [4.78, 5) is 32.1. The Morgan fingerprint density at radius 2 is 2.03 bits per heavy atom. The number of likely N-dealkylation sites (tertiary alicyclic amines) is 1. The molecular weight excluding hydrogens is 388 g/mol. The van der Waals surface area contributed by atoms with Crippen molar-refractivity contribution in [1.29, 1.82) is 0 Å². The third kappa shape index (κ3) is 4.83. The highest BCUT2D eigenvalue weighted by molar-refractivity contribution is 7.13. The summed E-state index contributed by atoms with van der Waals surface area (Å²) < 4.78 is 0. The van der Waals surface area contributed by atoms with E-state index in [1.54, 1.807) is 11.3 Å². The molecule has 0 bridgehead atoms. The van der Waals surface area contributed by atoms with Gasteiger partial charge in [-0.3, -0.25) is 9.59 Å². The number of rotatable bonds is 6. The third-order valence-corrected chi connectivity index (χ3v) is 6.27. The predicted octanol–water partition coefficient (Wildman–Crippen LogP) is 1.68. The zero-order valence-electron chi connectivity index (χ0n) is 17.0. The SMILES string of the molecule is Cc1ncsc1-c1ccc(CNC(=O)C2C[C@@H](O)CN2C(=O)[C@@H](N)C(C)C)cc1. The van der Waals surface area contributed by atoms with Gasteiger partial charge in [-0.15, -0.1) is 11.3 Å². The average molecular weight is 417 g/mol. The van der Waals surface area contributed by atoms with Crippen LogP contribution in [0.4, 0.5) is 0 Å². The molecule has 1 aliphatic heterocycles. The molecule has 0 spiro atoms. The van der Waals surface area contributed by atoms with Gasteiger partial charge in [0, 0.05) is 19.5 Å². The summed E-state index contributed by atoms with van der Waals surface area (Å²) in [5.74, 6) is -0.598. The van der Waals surface area contributed by atoms with E-state index >= 15 is 0 Å². The first-order valence-electron chi connectivity index (χ1n) is 9.79. The Morgan fingerprint density at radius 1 is 1.34 bits per heavy atom. The van der Waals surface area contributed by atoms with Crippen LogP contribution in [0.1, 0.15) is 31.5 Å². The van der Waals surface area contributed by atoms with Crippen molar-refractivity contribution in [3.05, 3.63) is 41.0 Å². The quantitative estimate of drug-likeness (QED) is 0.664. The van der Waals surface area contributed by atoms with Crippen molar-refractivity contribution < 1.29 is 14.7 Å². The topological polar surface area (TPSA) is 109 Å². The molecule has 2 amide bonds. The van der Waals surface area contributed by atoms with Gasteiger partial charge in [0.2, 0.25) is 11.8 Å². The number of amides is 2. The maximum Gasteiger partial charge on any atom is 0.243 e. The molecule has 1 saturated heterocycles. The molecule has 1 aromatic carbocycles. The Labute approximate surface area is 174 Å². The van der Waals surface area contributed by atoms with Crippen molar-refractivity contribution in [2.75, 3.05) is 6.54 Å². The normalized spacial score (nSPS) is 20.1. The number of nitrogens with one attached hydrogen (secondary N) is 1. The van der Waals surface area contributed by atoms with Gasteiger partial charge in [-0.2, -0.15) is 0 Å². The van der Waals surface area contributed by atoms with Crippen molar-refractivity contribution in [3.63, 3.8) is 0 Å². The fourth-order valence-electron chi connectivity index (χ4n) is 3.44. The minimum atomic E-state index is -0.712. The van der Waals surface area contributed by atoms with E-state index in [-0.39, 0.29) is 30.7 Å². The van der Waals surface area contributed by atoms with Crippen LogP contribution in [0.3, 0.4) is 0 Å². The summed E-state index contributed by atoms with van der Waals surface area (Å²) in [6.07, 6.45) is -0.484. The van der Waals surface area contributed by atoms with Crippen LogP contribution in [0.2, 0.25) is 0 Å². The number of hydrogen-bond acceptors (Lipinski definition) is 6. The van der Waals surface area contributed by atoms with Crippen LogP contribution < -0.4 is 11.1 Å². The number of aliphatic hydroxyl groups is 1. The number of aryl methyl sites for hydroxylation is 1. The number of nitrogens with two attached hydrogens (primary N) is 1. The molecule has 8 heteroatoms. The van der Waals surface area contributed by atoms with Gasteiger partial charge in [0.15, 0.2) is 0 Å². The Hall–Kier alpha value is -2.29. The van der Waals surface area contributed by atoms with E-state index in [0.29, 0.717) is 6.54 Å². The average Bonchev–Trinajstić information content (AvgIpc) is 3.30. The smallest absolute Gasteiger partial charge is 0.243 e. The van der Waals surface area contributed by atoms with Crippen LogP contribution in [0.25, 0.3) is 10.4 Å². The van der Waals surface area contributed by atoms with Crippen LogP contribution in [0.5, 0.6) is 0 Å². The minimum Gasteiger partial charge on any atom is -0.391 e. The molecule has 156 valence electrons. The molecular formula is C21H28N4O3S. The highest BCUT2D eigenvalue weighted by Crippen LogP contribution is 2.27. The van der Waals surface area contributed by atoms with E-state index in [9.17, 15) is 14.7 Å². The van der Waals surface area contributed by atoms with Gasteiger partial charge >= 0.3 is 0 Å². The van der Waals surface area contributed by atoms with E-state index in [0.717, 1.165) is 21.7 Å². The van der Waals surface area contributed by atoms with E-state index in [4.69, 9.17) is 5.73 Å². The van der Waals surface area contributed by atoms with Crippen LogP contribution >= 0.6 is 11.3 Å². The van der Waals surface area contributed by atoms with Gasteiger partial charge < -0.3 is 21.1 Å².